The van der Waals surface area contributed by atoms with Crippen LogP contribution < -0.4 is 10.6 Å². The van der Waals surface area contributed by atoms with Gasteiger partial charge in [-0.15, -0.1) is 0 Å². The van der Waals surface area contributed by atoms with E-state index in [0.29, 0.717) is 6.61 Å². The lowest BCUT2D eigenvalue weighted by atomic mass is 9.78. The summed E-state index contributed by atoms with van der Waals surface area (Å²) in [5.74, 6) is 0.161. The van der Waals surface area contributed by atoms with Gasteiger partial charge in [0.2, 0.25) is 5.91 Å². The first-order valence-corrected chi connectivity index (χ1v) is 7.89. The summed E-state index contributed by atoms with van der Waals surface area (Å²) in [6.45, 7) is 10.5. The number of hydrogen-bond donors (Lipinski definition) is 2. The van der Waals surface area contributed by atoms with Gasteiger partial charge in [-0.1, -0.05) is 13.8 Å². The molecule has 5 nitrogen and oxygen atoms in total. The summed E-state index contributed by atoms with van der Waals surface area (Å²) >= 11 is 0. The zero-order chi connectivity index (χ0) is 14.8. The minimum atomic E-state index is -0.332. The molecule has 0 spiro atoms. The molecule has 0 radical (unpaired) electrons. The Morgan fingerprint density at radius 1 is 1.30 bits per heavy atom. The summed E-state index contributed by atoms with van der Waals surface area (Å²) in [4.78, 5) is 14.9. The van der Waals surface area contributed by atoms with E-state index in [0.717, 1.165) is 58.5 Å². The van der Waals surface area contributed by atoms with Crippen LogP contribution in [0.2, 0.25) is 0 Å². The van der Waals surface area contributed by atoms with Crippen LogP contribution >= 0.6 is 0 Å². The largest absolute Gasteiger partial charge is 0.384 e. The van der Waals surface area contributed by atoms with Crippen molar-refractivity contribution in [3.8, 4) is 0 Å². The van der Waals surface area contributed by atoms with Crippen LogP contribution in [0.3, 0.4) is 0 Å². The fraction of sp³-hybridized carbons (Fsp3) is 0.933. The number of piperidine rings is 1. The second kappa shape index (κ2) is 9.32. The van der Waals surface area contributed by atoms with E-state index >= 15 is 0 Å². The van der Waals surface area contributed by atoms with Gasteiger partial charge >= 0.3 is 0 Å². The van der Waals surface area contributed by atoms with Crippen LogP contribution in [0.1, 0.15) is 33.1 Å². The molecule has 0 aliphatic carbocycles. The van der Waals surface area contributed by atoms with Crippen molar-refractivity contribution in [2.75, 3.05) is 53.0 Å². The summed E-state index contributed by atoms with van der Waals surface area (Å²) < 4.78 is 5.29. The highest BCUT2D eigenvalue weighted by atomic mass is 16.5. The zero-order valence-electron chi connectivity index (χ0n) is 13.3. The van der Waals surface area contributed by atoms with Crippen LogP contribution in [0.5, 0.6) is 0 Å². The van der Waals surface area contributed by atoms with Gasteiger partial charge < -0.3 is 20.3 Å². The number of carbonyl (C=O) groups is 1. The summed E-state index contributed by atoms with van der Waals surface area (Å²) in [7, 11) is 1.68. The number of likely N-dealkylation sites (N-methyl/N-ethyl adjacent to an activating group) is 1. The van der Waals surface area contributed by atoms with E-state index in [1.165, 1.54) is 0 Å². The Kier molecular flexibility index (Phi) is 8.11. The Labute approximate surface area is 123 Å². The number of amides is 1. The van der Waals surface area contributed by atoms with E-state index in [2.05, 4.69) is 29.4 Å². The molecule has 0 aromatic heterocycles. The molecular weight excluding hydrogens is 254 g/mol. The Bertz CT molecular complexity index is 273. The van der Waals surface area contributed by atoms with E-state index < -0.39 is 0 Å². The average Bonchev–Trinajstić information content (AvgIpc) is 2.47. The molecule has 118 valence electrons. The van der Waals surface area contributed by atoms with Gasteiger partial charge in [0.15, 0.2) is 0 Å². The number of methoxy groups -OCH3 is 1. The minimum Gasteiger partial charge on any atom is -0.384 e. The number of hydrogen-bond acceptors (Lipinski definition) is 4. The van der Waals surface area contributed by atoms with Crippen molar-refractivity contribution in [2.45, 2.75) is 33.1 Å². The minimum absolute atomic E-state index is 0.161. The molecule has 0 atom stereocenters. The number of ether oxygens (including phenoxy) is 1. The third-order valence-corrected chi connectivity index (χ3v) is 4.16. The van der Waals surface area contributed by atoms with Crippen LogP contribution in [-0.2, 0) is 9.53 Å². The highest BCUT2D eigenvalue weighted by Gasteiger charge is 2.39. The van der Waals surface area contributed by atoms with Gasteiger partial charge in [-0.3, -0.25) is 4.79 Å². The average molecular weight is 285 g/mol. The third-order valence-electron chi connectivity index (χ3n) is 4.16. The number of nitrogens with one attached hydrogen (secondary N) is 2. The lowest BCUT2D eigenvalue weighted by Gasteiger charge is -2.35. The molecule has 0 aromatic rings. The Morgan fingerprint density at radius 3 is 2.55 bits per heavy atom. The van der Waals surface area contributed by atoms with Crippen molar-refractivity contribution in [3.05, 3.63) is 0 Å². The topological polar surface area (TPSA) is 53.6 Å². The molecule has 1 aliphatic heterocycles. The summed E-state index contributed by atoms with van der Waals surface area (Å²) in [5, 5.41) is 6.42. The molecule has 0 unspecified atom stereocenters. The van der Waals surface area contributed by atoms with Gasteiger partial charge in [-0.25, -0.2) is 0 Å². The monoisotopic (exact) mass is 285 g/mol. The lowest BCUT2D eigenvalue weighted by molar-refractivity contribution is -0.136. The van der Waals surface area contributed by atoms with E-state index in [1.807, 2.05) is 0 Å². The highest BCUT2D eigenvalue weighted by Crippen LogP contribution is 2.29. The third kappa shape index (κ3) is 5.04. The lowest BCUT2D eigenvalue weighted by Crippen LogP contribution is -2.51. The van der Waals surface area contributed by atoms with Gasteiger partial charge in [0.25, 0.3) is 0 Å². The molecule has 1 heterocycles. The van der Waals surface area contributed by atoms with Crippen molar-refractivity contribution in [2.24, 2.45) is 5.41 Å². The maximum atomic E-state index is 12.5. The predicted molar refractivity (Wildman–Crippen MR) is 81.8 cm³/mol. The molecule has 1 fully saturated rings. The van der Waals surface area contributed by atoms with Crippen LogP contribution in [0.4, 0.5) is 0 Å². The quantitative estimate of drug-likeness (QED) is 0.659. The Morgan fingerprint density at radius 2 is 2.00 bits per heavy atom. The first kappa shape index (κ1) is 17.4. The molecule has 20 heavy (non-hydrogen) atoms. The molecule has 1 rings (SSSR count). The maximum absolute atomic E-state index is 12.5. The van der Waals surface area contributed by atoms with Gasteiger partial charge in [-0.2, -0.15) is 0 Å². The summed E-state index contributed by atoms with van der Waals surface area (Å²) in [6.07, 6.45) is 2.87. The van der Waals surface area contributed by atoms with Crippen LogP contribution in [0.15, 0.2) is 0 Å². The molecular formula is C15H31N3O2. The summed E-state index contributed by atoms with van der Waals surface area (Å²) in [6, 6.07) is 0. The van der Waals surface area contributed by atoms with Crippen molar-refractivity contribution in [1.82, 2.24) is 15.5 Å². The molecule has 0 saturated carbocycles. The summed E-state index contributed by atoms with van der Waals surface area (Å²) in [5.41, 5.74) is -0.332. The standard InChI is InChI=1S/C15H31N3O2/c1-4-11-18(5-2)12-10-17-14(19)15(13-20-3)6-8-16-9-7-15/h16H,4-13H2,1-3H3,(H,17,19). The molecule has 0 bridgehead atoms. The van der Waals surface area contributed by atoms with Crippen molar-refractivity contribution in [1.29, 1.82) is 0 Å². The van der Waals surface area contributed by atoms with E-state index in [9.17, 15) is 4.79 Å². The Hall–Kier alpha value is -0.650. The van der Waals surface area contributed by atoms with Gasteiger partial charge in [0.1, 0.15) is 0 Å². The van der Waals surface area contributed by atoms with Crippen LogP contribution in [-0.4, -0.2) is 63.8 Å². The zero-order valence-corrected chi connectivity index (χ0v) is 13.3. The van der Waals surface area contributed by atoms with Gasteiger partial charge in [-0.05, 0) is 45.4 Å². The molecule has 1 amide bonds. The van der Waals surface area contributed by atoms with Crippen molar-refractivity contribution >= 4 is 5.91 Å². The molecule has 1 saturated heterocycles. The van der Waals surface area contributed by atoms with E-state index in [-0.39, 0.29) is 11.3 Å². The van der Waals surface area contributed by atoms with Crippen molar-refractivity contribution < 1.29 is 9.53 Å². The van der Waals surface area contributed by atoms with Gasteiger partial charge in [0.05, 0.1) is 12.0 Å². The number of rotatable bonds is 9. The number of nitrogens with zero attached hydrogens (tertiary/aromatic N) is 1. The fourth-order valence-electron chi connectivity index (χ4n) is 2.88. The maximum Gasteiger partial charge on any atom is 0.228 e. The SMILES string of the molecule is CCCN(CC)CCNC(=O)C1(COC)CCNCC1. The molecule has 0 aromatic carbocycles. The second-order valence-electron chi connectivity index (χ2n) is 5.65. The molecule has 1 aliphatic rings. The molecule has 2 N–H and O–H groups in total. The first-order chi connectivity index (χ1) is 9.68. The van der Waals surface area contributed by atoms with E-state index in [1.54, 1.807) is 7.11 Å². The first-order valence-electron chi connectivity index (χ1n) is 7.89. The predicted octanol–water partition coefficient (Wildman–Crippen LogP) is 0.851. The fourth-order valence-corrected chi connectivity index (χ4v) is 2.88. The van der Waals surface area contributed by atoms with Crippen LogP contribution in [0.25, 0.3) is 0 Å². The van der Waals surface area contributed by atoms with E-state index in [4.69, 9.17) is 4.74 Å². The smallest absolute Gasteiger partial charge is 0.228 e. The van der Waals surface area contributed by atoms with Crippen LogP contribution in [0, 0.1) is 5.41 Å². The molecule has 5 heteroatoms. The highest BCUT2D eigenvalue weighted by molar-refractivity contribution is 5.83. The second-order valence-corrected chi connectivity index (χ2v) is 5.65. The van der Waals surface area contributed by atoms with Crippen molar-refractivity contribution in [3.63, 3.8) is 0 Å². The van der Waals surface area contributed by atoms with Gasteiger partial charge in [0, 0.05) is 20.2 Å². The Balaban J connectivity index is 2.42. The number of carbonyl (C=O) groups excluding carboxylic acids is 1. The normalized spacial score (nSPS) is 18.2.